The van der Waals surface area contributed by atoms with Crippen LogP contribution >= 0.6 is 15.9 Å². The Kier molecular flexibility index (Phi) is 21.4. The van der Waals surface area contributed by atoms with E-state index in [-0.39, 0.29) is 0 Å². The molecule has 0 aromatic rings. The van der Waals surface area contributed by atoms with E-state index in [9.17, 15) is 0 Å². The van der Waals surface area contributed by atoms with E-state index in [2.05, 4.69) is 36.7 Å². The minimum Gasteiger partial charge on any atom is -0.0928 e. The lowest BCUT2D eigenvalue weighted by molar-refractivity contribution is 0.781. The maximum absolute atomic E-state index is 3.35. The Morgan fingerprint density at radius 3 is 1.56 bits per heavy atom. The molecule has 9 heavy (non-hydrogen) atoms. The van der Waals surface area contributed by atoms with Gasteiger partial charge in [0.2, 0.25) is 0 Å². The van der Waals surface area contributed by atoms with E-state index in [1.165, 1.54) is 31.0 Å². The van der Waals surface area contributed by atoms with Gasteiger partial charge < -0.3 is 0 Å². The van der Waals surface area contributed by atoms with Crippen LogP contribution in [0.2, 0.25) is 0 Å². The minimum absolute atomic E-state index is 1.17. The Morgan fingerprint density at radius 1 is 1.00 bits per heavy atom. The van der Waals surface area contributed by atoms with Crippen molar-refractivity contribution in [3.63, 3.8) is 0 Å². The fraction of sp³-hybridized carbons (Fsp3) is 1.00. The van der Waals surface area contributed by atoms with Crippen molar-refractivity contribution < 1.29 is 0 Å². The number of halogens is 1. The van der Waals surface area contributed by atoms with E-state index in [1.54, 1.807) is 0 Å². The maximum atomic E-state index is 3.35. The van der Waals surface area contributed by atoms with Crippen LogP contribution in [0.4, 0.5) is 0 Å². The molecule has 0 aromatic heterocycles. The molecule has 0 nitrogen and oxygen atoms in total. The van der Waals surface area contributed by atoms with Gasteiger partial charge in [0.15, 0.2) is 0 Å². The van der Waals surface area contributed by atoms with Gasteiger partial charge in [-0.1, -0.05) is 56.0 Å². The summed E-state index contributed by atoms with van der Waals surface area (Å²) in [5.41, 5.74) is 0. The van der Waals surface area contributed by atoms with E-state index in [4.69, 9.17) is 0 Å². The largest absolute Gasteiger partial charge is 0.0928 e. The van der Waals surface area contributed by atoms with E-state index >= 15 is 0 Å². The predicted molar refractivity (Wildman–Crippen MR) is 49.3 cm³/mol. The van der Waals surface area contributed by atoms with Crippen LogP contribution in [0.1, 0.15) is 46.5 Å². The average molecular weight is 195 g/mol. The molecule has 0 bridgehead atoms. The van der Waals surface area contributed by atoms with Gasteiger partial charge in [0.1, 0.15) is 0 Å². The zero-order valence-electron chi connectivity index (χ0n) is 6.91. The van der Waals surface area contributed by atoms with Gasteiger partial charge in [-0.25, -0.2) is 0 Å². The molecule has 1 heteroatoms. The van der Waals surface area contributed by atoms with Gasteiger partial charge >= 0.3 is 0 Å². The summed E-state index contributed by atoms with van der Waals surface area (Å²) in [4.78, 5) is 0. The van der Waals surface area contributed by atoms with Gasteiger partial charge in [-0.15, -0.1) is 0 Å². The molecule has 0 saturated carbocycles. The molecule has 0 aromatic carbocycles. The summed E-state index contributed by atoms with van der Waals surface area (Å²) in [5.74, 6) is 0. The molecule has 0 unspecified atom stereocenters. The lowest BCUT2D eigenvalue weighted by atomic mass is 10.3. The van der Waals surface area contributed by atoms with Crippen molar-refractivity contribution in [1.29, 1.82) is 0 Å². The Morgan fingerprint density at radius 2 is 1.44 bits per heavy atom. The van der Waals surface area contributed by atoms with Crippen LogP contribution < -0.4 is 0 Å². The molecule has 0 aliphatic rings. The molecule has 0 fully saturated rings. The second-order valence-corrected chi connectivity index (χ2v) is 2.90. The summed E-state index contributed by atoms with van der Waals surface area (Å²) < 4.78 is 0. The third-order valence-corrected chi connectivity index (χ3v) is 1.30. The first-order valence-corrected chi connectivity index (χ1v) is 5.01. The van der Waals surface area contributed by atoms with E-state index in [0.29, 0.717) is 0 Å². The second kappa shape index (κ2) is 15.8. The normalized spacial score (nSPS) is 8.00. The van der Waals surface area contributed by atoms with E-state index in [0.717, 1.165) is 0 Å². The quantitative estimate of drug-likeness (QED) is 0.471. The molecule has 0 atom stereocenters. The van der Waals surface area contributed by atoms with Crippen molar-refractivity contribution in [2.24, 2.45) is 0 Å². The smallest absolute Gasteiger partial charge is 0.00313 e. The van der Waals surface area contributed by atoms with E-state index in [1.807, 2.05) is 0 Å². The monoisotopic (exact) mass is 194 g/mol. The van der Waals surface area contributed by atoms with Gasteiger partial charge in [-0.3, -0.25) is 0 Å². The average Bonchev–Trinajstić information content (AvgIpc) is 1.86. The summed E-state index contributed by atoms with van der Waals surface area (Å²) in [6, 6.07) is 0. The van der Waals surface area contributed by atoms with Crippen molar-refractivity contribution in [3.8, 4) is 0 Å². The summed E-state index contributed by atoms with van der Waals surface area (Å²) in [6.45, 7) is 6.46. The molecule has 0 radical (unpaired) electrons. The van der Waals surface area contributed by atoms with Crippen LogP contribution in [0, 0.1) is 0 Å². The van der Waals surface area contributed by atoms with Crippen LogP contribution in [0.25, 0.3) is 0 Å². The number of alkyl halides is 1. The lowest BCUT2D eigenvalue weighted by Gasteiger charge is -1.85. The van der Waals surface area contributed by atoms with Crippen molar-refractivity contribution >= 4 is 15.9 Å². The van der Waals surface area contributed by atoms with Crippen LogP contribution in [0.15, 0.2) is 0 Å². The zero-order chi connectivity index (χ0) is 7.54. The standard InChI is InChI=1S/C5H11Br.C3H8/c1-2-3-4-5-6;1-3-2/h2-5H2,1H3;3H2,1-2H3. The first-order valence-electron chi connectivity index (χ1n) is 3.89. The summed E-state index contributed by atoms with van der Waals surface area (Å²) >= 11 is 3.35. The number of rotatable bonds is 3. The van der Waals surface area contributed by atoms with Crippen LogP contribution in [0.3, 0.4) is 0 Å². The van der Waals surface area contributed by atoms with Crippen molar-refractivity contribution in [3.05, 3.63) is 0 Å². The first kappa shape index (κ1) is 12.2. The SMILES string of the molecule is CCC.CCCCCBr. The van der Waals surface area contributed by atoms with Crippen molar-refractivity contribution in [2.45, 2.75) is 46.5 Å². The van der Waals surface area contributed by atoms with Crippen LogP contribution in [0.5, 0.6) is 0 Å². The topological polar surface area (TPSA) is 0 Å². The van der Waals surface area contributed by atoms with E-state index < -0.39 is 0 Å². The summed E-state index contributed by atoms with van der Waals surface area (Å²) in [7, 11) is 0. The molecule has 0 aliphatic carbocycles. The third-order valence-electron chi connectivity index (χ3n) is 0.737. The van der Waals surface area contributed by atoms with Gasteiger partial charge in [0.25, 0.3) is 0 Å². The third kappa shape index (κ3) is 29.4. The Hall–Kier alpha value is 0.480. The molecule has 0 N–H and O–H groups in total. The molecule has 0 saturated heterocycles. The zero-order valence-corrected chi connectivity index (χ0v) is 8.50. The lowest BCUT2D eigenvalue weighted by Crippen LogP contribution is -1.70. The fourth-order valence-electron chi connectivity index (χ4n) is 0.344. The number of hydrogen-bond acceptors (Lipinski definition) is 0. The molecule has 0 rings (SSSR count). The Labute approximate surface area is 68.2 Å². The first-order chi connectivity index (χ1) is 4.33. The molecule has 58 valence electrons. The molecular formula is C8H19Br. The predicted octanol–water partition coefficient (Wildman–Crippen LogP) is 3.99. The molecule has 0 spiro atoms. The highest BCUT2D eigenvalue weighted by Crippen LogP contribution is 1.95. The number of hydrogen-bond donors (Lipinski definition) is 0. The highest BCUT2D eigenvalue weighted by atomic mass is 79.9. The summed E-state index contributed by atoms with van der Waals surface area (Å²) in [6.07, 6.45) is 5.27. The van der Waals surface area contributed by atoms with Gasteiger partial charge in [0.05, 0.1) is 0 Å². The molecule has 0 aliphatic heterocycles. The van der Waals surface area contributed by atoms with Crippen LogP contribution in [-0.4, -0.2) is 5.33 Å². The highest BCUT2D eigenvalue weighted by Gasteiger charge is 1.76. The molecule has 0 heterocycles. The number of unbranched alkanes of at least 4 members (excludes halogenated alkanes) is 2. The van der Waals surface area contributed by atoms with Crippen molar-refractivity contribution in [2.75, 3.05) is 5.33 Å². The maximum Gasteiger partial charge on any atom is 0.00313 e. The van der Waals surface area contributed by atoms with Gasteiger partial charge in [-0.05, 0) is 6.42 Å². The van der Waals surface area contributed by atoms with Crippen molar-refractivity contribution in [1.82, 2.24) is 0 Å². The molecule has 0 amide bonds. The van der Waals surface area contributed by atoms with Gasteiger partial charge in [-0.2, -0.15) is 0 Å². The Bertz CT molecular complexity index is 23.7. The highest BCUT2D eigenvalue weighted by molar-refractivity contribution is 9.09. The molecular weight excluding hydrogens is 176 g/mol. The van der Waals surface area contributed by atoms with Crippen LogP contribution in [-0.2, 0) is 0 Å². The fourth-order valence-corrected chi connectivity index (χ4v) is 0.741. The Balaban J connectivity index is 0. The van der Waals surface area contributed by atoms with Gasteiger partial charge in [0, 0.05) is 5.33 Å². The second-order valence-electron chi connectivity index (χ2n) is 2.10. The minimum atomic E-state index is 1.17. The summed E-state index contributed by atoms with van der Waals surface area (Å²) in [5, 5.41) is 1.17.